The van der Waals surface area contributed by atoms with Crippen molar-refractivity contribution >= 4 is 0 Å². The van der Waals surface area contributed by atoms with Gasteiger partial charge in [0.05, 0.1) is 6.10 Å². The molecule has 3 heteroatoms. The first kappa shape index (κ1) is 14.9. The zero-order valence-electron chi connectivity index (χ0n) is 11.4. The molecule has 1 rings (SSSR count). The van der Waals surface area contributed by atoms with E-state index in [4.69, 9.17) is 9.47 Å². The summed E-state index contributed by atoms with van der Waals surface area (Å²) in [5, 5.41) is 9.48. The summed E-state index contributed by atoms with van der Waals surface area (Å²) in [5.41, 5.74) is 0. The van der Waals surface area contributed by atoms with E-state index in [1.54, 1.807) is 0 Å². The molecule has 1 fully saturated rings. The molecule has 1 N–H and O–H groups in total. The molecule has 0 saturated carbocycles. The lowest BCUT2D eigenvalue weighted by Gasteiger charge is -2.23. The lowest BCUT2D eigenvalue weighted by Crippen LogP contribution is -2.23. The number of hydrogen-bond donors (Lipinski definition) is 1. The topological polar surface area (TPSA) is 38.7 Å². The number of aliphatic hydroxyl groups excluding tert-OH is 1. The molecule has 3 nitrogen and oxygen atoms in total. The summed E-state index contributed by atoms with van der Waals surface area (Å²) in [6.07, 6.45) is 7.28. The van der Waals surface area contributed by atoms with Crippen molar-refractivity contribution in [3.05, 3.63) is 0 Å². The van der Waals surface area contributed by atoms with Crippen LogP contribution < -0.4 is 0 Å². The van der Waals surface area contributed by atoms with Crippen LogP contribution in [0.3, 0.4) is 0 Å². The van der Waals surface area contributed by atoms with E-state index in [9.17, 15) is 5.11 Å². The third-order valence-corrected chi connectivity index (χ3v) is 3.52. The van der Waals surface area contributed by atoms with E-state index >= 15 is 0 Å². The Labute approximate surface area is 105 Å². The highest BCUT2D eigenvalue weighted by Gasteiger charge is 2.14. The van der Waals surface area contributed by atoms with Crippen LogP contribution >= 0.6 is 0 Å². The number of hydrogen-bond acceptors (Lipinski definition) is 3. The fourth-order valence-corrected chi connectivity index (χ4v) is 2.07. The molecule has 0 aromatic rings. The second-order valence-corrected chi connectivity index (χ2v) is 5.20. The minimum atomic E-state index is -0.125. The van der Waals surface area contributed by atoms with Gasteiger partial charge in [0.15, 0.2) is 6.29 Å². The van der Waals surface area contributed by atoms with Gasteiger partial charge in [-0.2, -0.15) is 0 Å². The average Bonchev–Trinajstić information content (AvgIpc) is 2.37. The van der Waals surface area contributed by atoms with Crippen LogP contribution in [0.4, 0.5) is 0 Å². The summed E-state index contributed by atoms with van der Waals surface area (Å²) in [7, 11) is 0. The molecule has 1 heterocycles. The predicted molar refractivity (Wildman–Crippen MR) is 68.9 cm³/mol. The summed E-state index contributed by atoms with van der Waals surface area (Å²) in [4.78, 5) is 0. The molecule has 1 saturated heterocycles. The van der Waals surface area contributed by atoms with Crippen LogP contribution in [0.1, 0.15) is 58.8 Å². The first-order valence-electron chi connectivity index (χ1n) is 7.13. The van der Waals surface area contributed by atoms with Gasteiger partial charge < -0.3 is 14.6 Å². The molecule has 1 aliphatic heterocycles. The van der Waals surface area contributed by atoms with E-state index < -0.39 is 0 Å². The van der Waals surface area contributed by atoms with E-state index in [1.807, 2.05) is 6.92 Å². The second kappa shape index (κ2) is 8.90. The predicted octanol–water partition coefficient (Wildman–Crippen LogP) is 3.11. The van der Waals surface area contributed by atoms with Gasteiger partial charge in [-0.15, -0.1) is 0 Å². The highest BCUT2D eigenvalue weighted by atomic mass is 16.7. The maximum Gasteiger partial charge on any atom is 0.157 e. The molecule has 1 aliphatic rings. The van der Waals surface area contributed by atoms with Crippen molar-refractivity contribution in [1.29, 1.82) is 0 Å². The third kappa shape index (κ3) is 7.02. The van der Waals surface area contributed by atoms with Gasteiger partial charge in [0, 0.05) is 13.2 Å². The fourth-order valence-electron chi connectivity index (χ4n) is 2.07. The van der Waals surface area contributed by atoms with Gasteiger partial charge in [-0.3, -0.25) is 0 Å². The number of ether oxygens (including phenoxy) is 2. The van der Waals surface area contributed by atoms with Crippen molar-refractivity contribution in [3.8, 4) is 0 Å². The first-order valence-corrected chi connectivity index (χ1v) is 7.13. The highest BCUT2D eigenvalue weighted by molar-refractivity contribution is 4.59. The van der Waals surface area contributed by atoms with Gasteiger partial charge in [-0.25, -0.2) is 0 Å². The monoisotopic (exact) mass is 244 g/mol. The molecule has 0 bridgehead atoms. The summed E-state index contributed by atoms with van der Waals surface area (Å²) in [6.45, 7) is 5.89. The second-order valence-electron chi connectivity index (χ2n) is 5.20. The zero-order chi connectivity index (χ0) is 12.5. The van der Waals surface area contributed by atoms with E-state index in [1.165, 1.54) is 12.8 Å². The minimum Gasteiger partial charge on any atom is -0.393 e. The Morgan fingerprint density at radius 2 is 2.12 bits per heavy atom. The zero-order valence-corrected chi connectivity index (χ0v) is 11.4. The molecule has 3 atom stereocenters. The highest BCUT2D eigenvalue weighted by Crippen LogP contribution is 2.17. The van der Waals surface area contributed by atoms with E-state index in [2.05, 4.69) is 6.92 Å². The molecule has 17 heavy (non-hydrogen) atoms. The lowest BCUT2D eigenvalue weighted by atomic mass is 9.99. The van der Waals surface area contributed by atoms with E-state index in [-0.39, 0.29) is 12.4 Å². The quantitative estimate of drug-likeness (QED) is 0.713. The van der Waals surface area contributed by atoms with Crippen LogP contribution in [-0.2, 0) is 9.47 Å². The Hall–Kier alpha value is -0.120. The maximum absolute atomic E-state index is 9.48. The van der Waals surface area contributed by atoms with Crippen LogP contribution in [-0.4, -0.2) is 30.7 Å². The smallest absolute Gasteiger partial charge is 0.157 e. The molecule has 0 radical (unpaired) electrons. The van der Waals surface area contributed by atoms with Crippen molar-refractivity contribution < 1.29 is 14.6 Å². The Balaban J connectivity index is 1.97. The average molecular weight is 244 g/mol. The van der Waals surface area contributed by atoms with Crippen LogP contribution in [0.25, 0.3) is 0 Å². The largest absolute Gasteiger partial charge is 0.393 e. The van der Waals surface area contributed by atoms with E-state index in [0.717, 1.165) is 45.3 Å². The minimum absolute atomic E-state index is 0.0391. The Bertz CT molecular complexity index is 178. The lowest BCUT2D eigenvalue weighted by molar-refractivity contribution is -0.164. The van der Waals surface area contributed by atoms with Crippen LogP contribution in [0.5, 0.6) is 0 Å². The van der Waals surface area contributed by atoms with Gasteiger partial charge in [0.25, 0.3) is 0 Å². The van der Waals surface area contributed by atoms with Gasteiger partial charge in [0.2, 0.25) is 0 Å². The maximum atomic E-state index is 9.48. The summed E-state index contributed by atoms with van der Waals surface area (Å²) in [6, 6.07) is 0. The Morgan fingerprint density at radius 1 is 1.29 bits per heavy atom. The first-order chi connectivity index (χ1) is 8.22. The third-order valence-electron chi connectivity index (χ3n) is 3.52. The molecule has 0 amide bonds. The molecule has 3 unspecified atom stereocenters. The molecular weight excluding hydrogens is 216 g/mol. The fraction of sp³-hybridized carbons (Fsp3) is 1.00. The van der Waals surface area contributed by atoms with Gasteiger partial charge >= 0.3 is 0 Å². The molecular formula is C14H28O3. The van der Waals surface area contributed by atoms with Crippen LogP contribution in [0, 0.1) is 5.92 Å². The molecule has 102 valence electrons. The summed E-state index contributed by atoms with van der Waals surface area (Å²) >= 11 is 0. The normalized spacial score (nSPS) is 24.5. The SMILES string of the molecule is CCC(O)CCC(C)CCOC1CCCCO1. The molecule has 0 aliphatic carbocycles. The Morgan fingerprint density at radius 3 is 2.76 bits per heavy atom. The van der Waals surface area contributed by atoms with Gasteiger partial charge in [0.1, 0.15) is 0 Å². The molecule has 0 spiro atoms. The standard InChI is InChI=1S/C14H28O3/c1-3-13(15)8-7-12(2)9-11-17-14-6-4-5-10-16-14/h12-15H,3-11H2,1-2H3. The van der Waals surface area contributed by atoms with Crippen molar-refractivity contribution in [3.63, 3.8) is 0 Å². The van der Waals surface area contributed by atoms with Crippen molar-refractivity contribution in [2.75, 3.05) is 13.2 Å². The van der Waals surface area contributed by atoms with Crippen LogP contribution in [0.15, 0.2) is 0 Å². The summed E-state index contributed by atoms with van der Waals surface area (Å²) in [5.74, 6) is 0.625. The van der Waals surface area contributed by atoms with Crippen molar-refractivity contribution in [2.45, 2.75) is 71.2 Å². The van der Waals surface area contributed by atoms with Gasteiger partial charge in [-0.1, -0.05) is 13.8 Å². The molecule has 0 aromatic carbocycles. The van der Waals surface area contributed by atoms with Gasteiger partial charge in [-0.05, 0) is 50.9 Å². The van der Waals surface area contributed by atoms with Crippen molar-refractivity contribution in [1.82, 2.24) is 0 Å². The van der Waals surface area contributed by atoms with Crippen molar-refractivity contribution in [2.24, 2.45) is 5.92 Å². The summed E-state index contributed by atoms with van der Waals surface area (Å²) < 4.78 is 11.2. The van der Waals surface area contributed by atoms with E-state index in [0.29, 0.717) is 5.92 Å². The number of rotatable bonds is 8. The Kier molecular flexibility index (Phi) is 7.82. The molecule has 0 aromatic heterocycles. The number of aliphatic hydroxyl groups is 1. The van der Waals surface area contributed by atoms with Crippen LogP contribution in [0.2, 0.25) is 0 Å².